The molecule has 2 aromatic heterocycles. The van der Waals surface area contributed by atoms with Crippen LogP contribution >= 0.6 is 34.4 Å². The quantitative estimate of drug-likeness (QED) is 0.525. The molecule has 3 N–H and O–H groups in total. The molecular weight excluding hydrogens is 378 g/mol. The molecule has 0 aliphatic heterocycles. The van der Waals surface area contributed by atoms with Crippen molar-refractivity contribution in [2.75, 3.05) is 11.1 Å². The van der Waals surface area contributed by atoms with Crippen LogP contribution in [0.5, 0.6) is 0 Å². The minimum Gasteiger partial charge on any atom is -0.369 e. The molecule has 0 saturated heterocycles. The minimum atomic E-state index is -0.402. The van der Waals surface area contributed by atoms with E-state index < -0.39 is 5.91 Å². The summed E-state index contributed by atoms with van der Waals surface area (Å²) in [5.41, 5.74) is 6.57. The molecule has 6 nitrogen and oxygen atoms in total. The van der Waals surface area contributed by atoms with Gasteiger partial charge in [0.1, 0.15) is 0 Å². The van der Waals surface area contributed by atoms with Crippen LogP contribution in [0.4, 0.5) is 5.13 Å². The second kappa shape index (κ2) is 8.59. The summed E-state index contributed by atoms with van der Waals surface area (Å²) in [5.74, 6) is -0.506. The number of aromatic nitrogens is 1. The number of thiazole rings is 1. The van der Waals surface area contributed by atoms with Crippen LogP contribution in [0, 0.1) is 20.8 Å². The van der Waals surface area contributed by atoms with E-state index in [1.807, 2.05) is 19.9 Å². The number of ketones is 1. The summed E-state index contributed by atoms with van der Waals surface area (Å²) in [4.78, 5) is 41.4. The second-order valence-corrected chi connectivity index (χ2v) is 9.15. The van der Waals surface area contributed by atoms with Crippen LogP contribution in [0.2, 0.25) is 0 Å². The number of hydrogen-bond acceptors (Lipinski definition) is 7. The molecule has 0 aliphatic carbocycles. The molecule has 134 valence electrons. The van der Waals surface area contributed by atoms with Gasteiger partial charge in [-0.3, -0.25) is 14.4 Å². The maximum absolute atomic E-state index is 12.2. The summed E-state index contributed by atoms with van der Waals surface area (Å²) >= 11 is 4.18. The number of Topliss-reactive ketones (excluding diaryl/α,β-unsaturated/α-hetero) is 1. The van der Waals surface area contributed by atoms with Gasteiger partial charge in [-0.2, -0.15) is 0 Å². The lowest BCUT2D eigenvalue weighted by Gasteiger charge is -2.01. The Kier molecular flexibility index (Phi) is 6.74. The molecular formula is C16H19N3O3S3. The van der Waals surface area contributed by atoms with Gasteiger partial charge in [0.05, 0.1) is 15.7 Å². The minimum absolute atomic E-state index is 0.0231. The number of nitrogens with one attached hydrogen (secondary N) is 1. The van der Waals surface area contributed by atoms with E-state index in [0.717, 1.165) is 19.7 Å². The maximum atomic E-state index is 12.2. The lowest BCUT2D eigenvalue weighted by atomic mass is 10.1. The number of anilines is 1. The molecule has 0 radical (unpaired) electrons. The standard InChI is InChI=1S/C16H19N3O3S3/c1-8-6-11(10(3)24-8)12(20)4-5-14(22)19-16-18-9(2)15(25-16)23-7-13(17)21/h6H,4-5,7H2,1-3H3,(H2,17,21)(H,18,19,22). The number of thioether (sulfide) groups is 1. The summed E-state index contributed by atoms with van der Waals surface area (Å²) in [5, 5.41) is 3.17. The molecule has 9 heteroatoms. The highest BCUT2D eigenvalue weighted by atomic mass is 32.2. The number of carbonyl (C=O) groups excluding carboxylic acids is 3. The second-order valence-electron chi connectivity index (χ2n) is 5.45. The molecule has 0 atom stereocenters. The number of rotatable bonds is 8. The van der Waals surface area contributed by atoms with Crippen molar-refractivity contribution in [3.63, 3.8) is 0 Å². The van der Waals surface area contributed by atoms with Gasteiger partial charge in [-0.05, 0) is 26.8 Å². The van der Waals surface area contributed by atoms with Gasteiger partial charge in [-0.1, -0.05) is 11.3 Å². The number of hydrogen-bond donors (Lipinski definition) is 2. The van der Waals surface area contributed by atoms with E-state index in [4.69, 9.17) is 5.73 Å². The Bertz CT molecular complexity index is 811. The van der Waals surface area contributed by atoms with E-state index in [0.29, 0.717) is 10.7 Å². The fraction of sp³-hybridized carbons (Fsp3) is 0.375. The molecule has 0 aromatic carbocycles. The summed E-state index contributed by atoms with van der Waals surface area (Å²) in [6.45, 7) is 5.68. The molecule has 2 rings (SSSR count). The van der Waals surface area contributed by atoms with Crippen LogP contribution in [-0.4, -0.2) is 28.3 Å². The third-order valence-corrected chi connectivity index (χ3v) is 6.69. The van der Waals surface area contributed by atoms with E-state index in [9.17, 15) is 14.4 Å². The van der Waals surface area contributed by atoms with Gasteiger partial charge >= 0.3 is 0 Å². The molecule has 0 fully saturated rings. The predicted molar refractivity (Wildman–Crippen MR) is 103 cm³/mol. The Labute approximate surface area is 158 Å². The molecule has 2 amide bonds. The largest absolute Gasteiger partial charge is 0.369 e. The fourth-order valence-electron chi connectivity index (χ4n) is 2.16. The Morgan fingerprint density at radius 2 is 1.92 bits per heavy atom. The summed E-state index contributed by atoms with van der Waals surface area (Å²) < 4.78 is 0.842. The number of thiophene rings is 1. The van der Waals surface area contributed by atoms with Crippen LogP contribution in [0.25, 0.3) is 0 Å². The first kappa shape index (κ1) is 19.6. The van der Waals surface area contributed by atoms with Gasteiger partial charge in [0.25, 0.3) is 0 Å². The van der Waals surface area contributed by atoms with Crippen LogP contribution < -0.4 is 11.1 Å². The van der Waals surface area contributed by atoms with Crippen LogP contribution in [0.3, 0.4) is 0 Å². The van der Waals surface area contributed by atoms with E-state index >= 15 is 0 Å². The third-order valence-electron chi connectivity index (χ3n) is 3.27. The van der Waals surface area contributed by atoms with Crippen LogP contribution in [-0.2, 0) is 9.59 Å². The summed E-state index contributed by atoms with van der Waals surface area (Å²) in [7, 11) is 0. The van der Waals surface area contributed by atoms with Crippen molar-refractivity contribution in [1.82, 2.24) is 4.98 Å². The highest BCUT2D eigenvalue weighted by Gasteiger charge is 2.15. The Hall–Kier alpha value is -1.71. The molecule has 0 spiro atoms. The number of amides is 2. The van der Waals surface area contributed by atoms with E-state index in [2.05, 4.69) is 10.3 Å². The lowest BCUT2D eigenvalue weighted by molar-refractivity contribution is -0.116. The average molecular weight is 398 g/mol. The number of aryl methyl sites for hydroxylation is 3. The van der Waals surface area contributed by atoms with Crippen LogP contribution in [0.1, 0.15) is 38.6 Å². The average Bonchev–Trinajstić information content (AvgIpc) is 3.04. The van der Waals surface area contributed by atoms with Crippen molar-refractivity contribution < 1.29 is 14.4 Å². The Balaban J connectivity index is 1.88. The van der Waals surface area contributed by atoms with E-state index in [-0.39, 0.29) is 30.3 Å². The van der Waals surface area contributed by atoms with Gasteiger partial charge in [0, 0.05) is 28.2 Å². The van der Waals surface area contributed by atoms with Crippen molar-refractivity contribution >= 4 is 57.2 Å². The van der Waals surface area contributed by atoms with Gasteiger partial charge < -0.3 is 11.1 Å². The highest BCUT2D eigenvalue weighted by molar-refractivity contribution is 8.01. The predicted octanol–water partition coefficient (Wildman–Crippen LogP) is 3.31. The highest BCUT2D eigenvalue weighted by Crippen LogP contribution is 2.32. The zero-order chi connectivity index (χ0) is 18.6. The van der Waals surface area contributed by atoms with Crippen LogP contribution in [0.15, 0.2) is 10.3 Å². The molecule has 2 heterocycles. The molecule has 2 aromatic rings. The van der Waals surface area contributed by atoms with Crippen molar-refractivity contribution in [1.29, 1.82) is 0 Å². The Morgan fingerprint density at radius 1 is 1.20 bits per heavy atom. The molecule has 0 bridgehead atoms. The van der Waals surface area contributed by atoms with Gasteiger partial charge in [-0.15, -0.1) is 23.1 Å². The number of nitrogens with zero attached hydrogens (tertiary/aromatic N) is 1. The molecule has 0 unspecified atom stereocenters. The third kappa shape index (κ3) is 5.65. The summed E-state index contributed by atoms with van der Waals surface area (Å²) in [6, 6.07) is 1.87. The molecule has 0 aliphatic rings. The molecule has 0 saturated carbocycles. The summed E-state index contributed by atoms with van der Waals surface area (Å²) in [6.07, 6.45) is 0.270. The Morgan fingerprint density at radius 3 is 2.52 bits per heavy atom. The zero-order valence-electron chi connectivity index (χ0n) is 14.2. The van der Waals surface area contributed by atoms with Crippen molar-refractivity contribution in [2.45, 2.75) is 37.8 Å². The maximum Gasteiger partial charge on any atom is 0.227 e. The van der Waals surface area contributed by atoms with E-state index in [1.54, 1.807) is 18.3 Å². The van der Waals surface area contributed by atoms with Gasteiger partial charge in [0.15, 0.2) is 10.9 Å². The SMILES string of the molecule is Cc1cc(C(=O)CCC(=O)Nc2nc(C)c(SCC(N)=O)s2)c(C)s1. The van der Waals surface area contributed by atoms with Gasteiger partial charge in [0.2, 0.25) is 11.8 Å². The fourth-order valence-corrected chi connectivity index (χ4v) is 4.99. The van der Waals surface area contributed by atoms with Crippen molar-refractivity contribution in [3.05, 3.63) is 27.1 Å². The van der Waals surface area contributed by atoms with Crippen molar-refractivity contribution in [2.24, 2.45) is 5.73 Å². The monoisotopic (exact) mass is 397 g/mol. The number of primary amides is 1. The normalized spacial score (nSPS) is 10.7. The zero-order valence-corrected chi connectivity index (χ0v) is 16.6. The smallest absolute Gasteiger partial charge is 0.227 e. The topological polar surface area (TPSA) is 102 Å². The first-order valence-electron chi connectivity index (χ1n) is 7.55. The first-order chi connectivity index (χ1) is 11.8. The van der Waals surface area contributed by atoms with E-state index in [1.165, 1.54) is 23.1 Å². The first-order valence-corrected chi connectivity index (χ1v) is 10.2. The number of carbonyl (C=O) groups is 3. The number of nitrogens with two attached hydrogens (primary N) is 1. The lowest BCUT2D eigenvalue weighted by Crippen LogP contribution is -2.13. The van der Waals surface area contributed by atoms with Gasteiger partial charge in [-0.25, -0.2) is 4.98 Å². The molecule has 25 heavy (non-hydrogen) atoms. The van der Waals surface area contributed by atoms with Crippen molar-refractivity contribution in [3.8, 4) is 0 Å².